The number of halogens is 3. The Morgan fingerprint density at radius 2 is 1.71 bits per heavy atom. The lowest BCUT2D eigenvalue weighted by Gasteiger charge is -2.20. The molecule has 6 N–H and O–H groups in total. The van der Waals surface area contributed by atoms with E-state index in [0.717, 1.165) is 11.1 Å². The maximum absolute atomic E-state index is 13.1. The molecule has 0 fully saturated rings. The zero-order valence-corrected chi connectivity index (χ0v) is 20.5. The van der Waals surface area contributed by atoms with Gasteiger partial charge in [0.15, 0.2) is 0 Å². The van der Waals surface area contributed by atoms with Gasteiger partial charge in [0.25, 0.3) is 0 Å². The highest BCUT2D eigenvalue weighted by molar-refractivity contribution is 6.42. The normalized spacial score (nSPS) is 12.6. The number of nitrogens with one attached hydrogen (secondary N) is 2. The van der Waals surface area contributed by atoms with Crippen molar-refractivity contribution in [1.29, 1.82) is 0 Å². The van der Waals surface area contributed by atoms with Gasteiger partial charge >= 0.3 is 0 Å². The van der Waals surface area contributed by atoms with E-state index in [1.807, 2.05) is 0 Å². The van der Waals surface area contributed by atoms with Crippen LogP contribution in [-0.4, -0.2) is 29.4 Å². The van der Waals surface area contributed by atoms with Crippen LogP contribution in [0.3, 0.4) is 0 Å². The Labute approximate surface area is 213 Å². The fourth-order valence-electron chi connectivity index (χ4n) is 3.49. The zero-order valence-electron chi connectivity index (χ0n) is 19.0. The summed E-state index contributed by atoms with van der Waals surface area (Å²) in [7, 11) is 0. The van der Waals surface area contributed by atoms with Gasteiger partial charge in [-0.15, -0.1) is 0 Å². The van der Waals surface area contributed by atoms with Crippen LogP contribution in [0.25, 0.3) is 0 Å². The van der Waals surface area contributed by atoms with Crippen molar-refractivity contribution >= 4 is 40.8 Å². The van der Waals surface area contributed by atoms with Crippen LogP contribution < -0.4 is 22.1 Å². The summed E-state index contributed by atoms with van der Waals surface area (Å²) in [6, 6.07) is 13.2. The highest BCUT2D eigenvalue weighted by atomic mass is 35.5. The van der Waals surface area contributed by atoms with E-state index >= 15 is 0 Å². The van der Waals surface area contributed by atoms with Crippen molar-refractivity contribution in [3.63, 3.8) is 0 Å². The molecule has 1 aromatic heterocycles. The minimum atomic E-state index is -0.874. The highest BCUT2D eigenvalue weighted by Crippen LogP contribution is 2.27. The summed E-state index contributed by atoms with van der Waals surface area (Å²) in [6.45, 7) is 2.02. The van der Waals surface area contributed by atoms with Gasteiger partial charge in [-0.05, 0) is 60.4 Å². The summed E-state index contributed by atoms with van der Waals surface area (Å²) >= 11 is 12.2. The molecular weight excluding hydrogens is 492 g/mol. The molecular formula is C25H26Cl2FN5O2. The number of carbonyl (C=O) groups is 2. The van der Waals surface area contributed by atoms with E-state index in [9.17, 15) is 14.0 Å². The zero-order chi connectivity index (χ0) is 25.5. The van der Waals surface area contributed by atoms with E-state index in [-0.39, 0.29) is 31.2 Å². The van der Waals surface area contributed by atoms with Crippen molar-refractivity contribution in [2.24, 2.45) is 5.73 Å². The smallest absolute Gasteiger partial charge is 0.237 e. The molecule has 3 aromatic rings. The van der Waals surface area contributed by atoms with E-state index in [2.05, 4.69) is 15.6 Å². The number of aromatic nitrogens is 1. The number of rotatable bonds is 9. The average molecular weight is 518 g/mol. The lowest BCUT2D eigenvalue weighted by atomic mass is 9.97. The summed E-state index contributed by atoms with van der Waals surface area (Å²) in [5, 5.41) is 6.26. The second kappa shape index (κ2) is 12.0. The van der Waals surface area contributed by atoms with Crippen LogP contribution in [0, 0.1) is 12.7 Å². The highest BCUT2D eigenvalue weighted by Gasteiger charge is 2.24. The first-order valence-electron chi connectivity index (χ1n) is 10.9. The summed E-state index contributed by atoms with van der Waals surface area (Å²) in [4.78, 5) is 30.0. The van der Waals surface area contributed by atoms with E-state index in [1.54, 1.807) is 49.4 Å². The minimum Gasteiger partial charge on any atom is -0.384 e. The number of hydrogen-bond acceptors (Lipinski definition) is 5. The summed E-state index contributed by atoms with van der Waals surface area (Å²) < 4.78 is 13.1. The average Bonchev–Trinajstić information content (AvgIpc) is 2.82. The fraction of sp³-hybridized carbons (Fsp3) is 0.240. The summed E-state index contributed by atoms with van der Waals surface area (Å²) in [6.07, 6.45) is 0.221. The predicted octanol–water partition coefficient (Wildman–Crippen LogP) is 3.50. The Hall–Kier alpha value is -3.20. The topological polar surface area (TPSA) is 123 Å². The van der Waals surface area contributed by atoms with E-state index in [4.69, 9.17) is 34.7 Å². The molecule has 0 aliphatic heterocycles. The van der Waals surface area contributed by atoms with Gasteiger partial charge in [-0.3, -0.25) is 9.59 Å². The molecule has 0 spiro atoms. The third-order valence-electron chi connectivity index (χ3n) is 5.52. The van der Waals surface area contributed by atoms with Crippen LogP contribution in [0.2, 0.25) is 10.0 Å². The molecule has 0 saturated carbocycles. The number of nitrogens with two attached hydrogens (primary N) is 2. The number of nitrogens with zero attached hydrogens (tertiary/aromatic N) is 1. The Bertz CT molecular complexity index is 1210. The molecule has 0 radical (unpaired) electrons. The number of pyridine rings is 1. The first kappa shape index (κ1) is 26.4. The van der Waals surface area contributed by atoms with Crippen molar-refractivity contribution in [2.45, 2.75) is 31.8 Å². The number of amides is 2. The lowest BCUT2D eigenvalue weighted by molar-refractivity contribution is -0.124. The molecule has 0 bridgehead atoms. The number of carbonyl (C=O) groups excluding carboxylic acids is 2. The number of benzene rings is 2. The Morgan fingerprint density at radius 3 is 2.37 bits per heavy atom. The van der Waals surface area contributed by atoms with Crippen LogP contribution >= 0.6 is 23.2 Å². The summed E-state index contributed by atoms with van der Waals surface area (Å²) in [5.41, 5.74) is 14.5. The molecule has 10 heteroatoms. The SMILES string of the molecule is Cc1nc(N)ccc1CNC(=O)[C@@H](CNC(=O)[C@H](N)Cc1ccc(F)cc1)c1ccc(Cl)c(Cl)c1. The van der Waals surface area contributed by atoms with Crippen molar-refractivity contribution in [3.8, 4) is 0 Å². The van der Waals surface area contributed by atoms with E-state index < -0.39 is 17.9 Å². The Kier molecular flexibility index (Phi) is 9.03. The molecule has 3 rings (SSSR count). The molecule has 0 saturated heterocycles. The van der Waals surface area contributed by atoms with Crippen LogP contribution in [0.15, 0.2) is 54.6 Å². The molecule has 35 heavy (non-hydrogen) atoms. The van der Waals surface area contributed by atoms with Gasteiger partial charge in [0.2, 0.25) is 11.8 Å². The number of aryl methyl sites for hydroxylation is 1. The van der Waals surface area contributed by atoms with Crippen molar-refractivity contribution in [3.05, 3.63) is 92.8 Å². The first-order chi connectivity index (χ1) is 16.6. The maximum Gasteiger partial charge on any atom is 0.237 e. The molecule has 0 aliphatic carbocycles. The number of hydrogen-bond donors (Lipinski definition) is 4. The van der Waals surface area contributed by atoms with E-state index in [1.165, 1.54) is 12.1 Å². The second-order valence-electron chi connectivity index (χ2n) is 8.11. The molecule has 7 nitrogen and oxygen atoms in total. The van der Waals surface area contributed by atoms with Crippen molar-refractivity contribution in [2.75, 3.05) is 12.3 Å². The van der Waals surface area contributed by atoms with Gasteiger partial charge in [-0.1, -0.05) is 47.5 Å². The number of nitrogen functional groups attached to an aromatic ring is 1. The second-order valence-corrected chi connectivity index (χ2v) is 8.92. The van der Waals surface area contributed by atoms with Crippen molar-refractivity contribution < 1.29 is 14.0 Å². The van der Waals surface area contributed by atoms with Crippen LogP contribution in [0.1, 0.15) is 28.3 Å². The lowest BCUT2D eigenvalue weighted by Crippen LogP contribution is -2.45. The molecule has 184 valence electrons. The Morgan fingerprint density at radius 1 is 1.00 bits per heavy atom. The van der Waals surface area contributed by atoms with Gasteiger partial charge in [-0.2, -0.15) is 0 Å². The van der Waals surface area contributed by atoms with Crippen LogP contribution in [0.5, 0.6) is 0 Å². The number of anilines is 1. The molecule has 0 aliphatic rings. The first-order valence-corrected chi connectivity index (χ1v) is 11.6. The minimum absolute atomic E-state index is 0.0152. The van der Waals surface area contributed by atoms with Gasteiger partial charge in [-0.25, -0.2) is 9.37 Å². The van der Waals surface area contributed by atoms with Gasteiger partial charge in [0, 0.05) is 18.8 Å². The molecule has 2 aromatic carbocycles. The van der Waals surface area contributed by atoms with Crippen LogP contribution in [-0.2, 0) is 22.6 Å². The standard InChI is InChI=1S/C25H26Cl2FN5O2/c1-14-17(5-9-23(30)33-14)12-31-24(34)19(16-4-8-20(26)21(27)11-16)13-32-25(35)22(29)10-15-2-6-18(28)7-3-15/h2-9,11,19,22H,10,12-13,29H2,1H3,(H2,30,33)(H,31,34)(H,32,35)/t19-,22+/m0/s1. The largest absolute Gasteiger partial charge is 0.384 e. The third kappa shape index (κ3) is 7.39. The fourth-order valence-corrected chi connectivity index (χ4v) is 3.80. The molecule has 1 heterocycles. The summed E-state index contributed by atoms with van der Waals surface area (Å²) in [5.74, 6) is -1.50. The predicted molar refractivity (Wildman–Crippen MR) is 136 cm³/mol. The van der Waals surface area contributed by atoms with Crippen molar-refractivity contribution in [1.82, 2.24) is 15.6 Å². The van der Waals surface area contributed by atoms with Crippen LogP contribution in [0.4, 0.5) is 10.2 Å². The molecule has 0 unspecified atom stereocenters. The van der Waals surface area contributed by atoms with Gasteiger partial charge < -0.3 is 22.1 Å². The third-order valence-corrected chi connectivity index (χ3v) is 6.26. The quantitative estimate of drug-likeness (QED) is 0.345. The molecule has 2 atom stereocenters. The molecule has 2 amide bonds. The maximum atomic E-state index is 13.1. The monoisotopic (exact) mass is 517 g/mol. The van der Waals surface area contributed by atoms with Gasteiger partial charge in [0.05, 0.1) is 22.0 Å². The van der Waals surface area contributed by atoms with Gasteiger partial charge in [0.1, 0.15) is 11.6 Å². The Balaban J connectivity index is 1.70. The van der Waals surface area contributed by atoms with E-state index in [0.29, 0.717) is 27.1 Å².